The molecule has 1 amide bonds. The highest BCUT2D eigenvalue weighted by Gasteiger charge is 2.19. The maximum absolute atomic E-state index is 12.0. The van der Waals surface area contributed by atoms with Crippen molar-refractivity contribution in [1.82, 2.24) is 15.2 Å². The van der Waals surface area contributed by atoms with Crippen LogP contribution in [0.25, 0.3) is 0 Å². The molecule has 2 N–H and O–H groups in total. The summed E-state index contributed by atoms with van der Waals surface area (Å²) in [5.74, 6) is -0.000182. The normalized spacial score (nSPS) is 19.5. The van der Waals surface area contributed by atoms with E-state index in [4.69, 9.17) is 4.74 Å². The topological polar surface area (TPSA) is 55.3 Å². The molecular formula is C12H19N3O2. The number of carbonyl (C=O) groups is 1. The van der Waals surface area contributed by atoms with E-state index in [1.165, 1.54) is 0 Å². The Morgan fingerprint density at radius 2 is 2.59 bits per heavy atom. The van der Waals surface area contributed by atoms with E-state index >= 15 is 0 Å². The Morgan fingerprint density at radius 1 is 1.71 bits per heavy atom. The van der Waals surface area contributed by atoms with Crippen LogP contribution in [-0.2, 0) is 11.3 Å². The Kier molecular flexibility index (Phi) is 4.17. The van der Waals surface area contributed by atoms with Gasteiger partial charge in [0.2, 0.25) is 0 Å². The predicted octanol–water partition coefficient (Wildman–Crippen LogP) is 0.226. The standard InChI is InChI=1S/C12H19N3O2/c1-17-8-7-15-6-2-3-11(15)12(16)14-10-4-5-13-9-10/h2-3,6,10,13H,4-5,7-9H2,1H3,(H,14,16)/t10-/m0/s1. The van der Waals surface area contributed by atoms with Crippen LogP contribution in [0, 0.1) is 0 Å². The zero-order chi connectivity index (χ0) is 12.1. The van der Waals surface area contributed by atoms with Crippen LogP contribution < -0.4 is 10.6 Å². The van der Waals surface area contributed by atoms with Gasteiger partial charge in [0.15, 0.2) is 0 Å². The Morgan fingerprint density at radius 3 is 3.29 bits per heavy atom. The molecule has 0 radical (unpaired) electrons. The first kappa shape index (κ1) is 12.1. The Bertz CT molecular complexity index is 370. The summed E-state index contributed by atoms with van der Waals surface area (Å²) in [4.78, 5) is 12.0. The third-order valence-corrected chi connectivity index (χ3v) is 2.99. The fourth-order valence-electron chi connectivity index (χ4n) is 2.04. The Labute approximate surface area is 101 Å². The van der Waals surface area contributed by atoms with E-state index in [-0.39, 0.29) is 11.9 Å². The van der Waals surface area contributed by atoms with E-state index in [1.54, 1.807) is 7.11 Å². The maximum atomic E-state index is 12.0. The molecule has 0 aliphatic carbocycles. The maximum Gasteiger partial charge on any atom is 0.268 e. The van der Waals surface area contributed by atoms with Gasteiger partial charge in [0.25, 0.3) is 5.91 Å². The lowest BCUT2D eigenvalue weighted by Gasteiger charge is -2.13. The number of amides is 1. The van der Waals surface area contributed by atoms with Crippen LogP contribution in [0.1, 0.15) is 16.9 Å². The molecule has 1 saturated heterocycles. The van der Waals surface area contributed by atoms with Crippen LogP contribution in [0.3, 0.4) is 0 Å². The molecule has 0 spiro atoms. The molecule has 2 rings (SSSR count). The minimum Gasteiger partial charge on any atom is -0.383 e. The van der Waals surface area contributed by atoms with Gasteiger partial charge in [-0.05, 0) is 25.1 Å². The smallest absolute Gasteiger partial charge is 0.268 e. The lowest BCUT2D eigenvalue weighted by Crippen LogP contribution is -2.37. The van der Waals surface area contributed by atoms with Crippen LogP contribution >= 0.6 is 0 Å². The first-order valence-corrected chi connectivity index (χ1v) is 5.97. The zero-order valence-electron chi connectivity index (χ0n) is 10.1. The van der Waals surface area contributed by atoms with Crippen molar-refractivity contribution in [3.8, 4) is 0 Å². The average Bonchev–Trinajstić information content (AvgIpc) is 2.96. The highest BCUT2D eigenvalue weighted by molar-refractivity contribution is 5.93. The molecule has 0 aromatic carbocycles. The van der Waals surface area contributed by atoms with Crippen molar-refractivity contribution >= 4 is 5.91 Å². The lowest BCUT2D eigenvalue weighted by atomic mass is 10.2. The molecule has 17 heavy (non-hydrogen) atoms. The number of rotatable bonds is 5. The summed E-state index contributed by atoms with van der Waals surface area (Å²) >= 11 is 0. The minimum atomic E-state index is -0.000182. The van der Waals surface area contributed by atoms with Crippen LogP contribution in [0.5, 0.6) is 0 Å². The molecule has 0 saturated carbocycles. The van der Waals surface area contributed by atoms with E-state index in [0.717, 1.165) is 19.5 Å². The molecule has 1 aliphatic heterocycles. The van der Waals surface area contributed by atoms with Crippen molar-refractivity contribution in [3.63, 3.8) is 0 Å². The average molecular weight is 237 g/mol. The monoisotopic (exact) mass is 237 g/mol. The van der Waals surface area contributed by atoms with Gasteiger partial charge in [0.1, 0.15) is 5.69 Å². The van der Waals surface area contributed by atoms with E-state index in [9.17, 15) is 4.79 Å². The van der Waals surface area contributed by atoms with E-state index in [1.807, 2.05) is 22.9 Å². The Hall–Kier alpha value is -1.33. The van der Waals surface area contributed by atoms with Gasteiger partial charge < -0.3 is 19.9 Å². The SMILES string of the molecule is COCCn1cccc1C(=O)N[C@H]1CCNC1. The summed E-state index contributed by atoms with van der Waals surface area (Å²) in [6.07, 6.45) is 2.91. The van der Waals surface area contributed by atoms with Gasteiger partial charge in [0.05, 0.1) is 6.61 Å². The number of carbonyl (C=O) groups excluding carboxylic acids is 1. The van der Waals surface area contributed by atoms with Crippen molar-refractivity contribution in [2.24, 2.45) is 0 Å². The van der Waals surface area contributed by atoms with Gasteiger partial charge in [-0.2, -0.15) is 0 Å². The van der Waals surface area contributed by atoms with Crippen molar-refractivity contribution in [1.29, 1.82) is 0 Å². The summed E-state index contributed by atoms with van der Waals surface area (Å²) in [5, 5.41) is 6.27. The summed E-state index contributed by atoms with van der Waals surface area (Å²) in [6, 6.07) is 3.98. The summed E-state index contributed by atoms with van der Waals surface area (Å²) in [7, 11) is 1.66. The van der Waals surface area contributed by atoms with Crippen molar-refractivity contribution in [3.05, 3.63) is 24.0 Å². The van der Waals surface area contributed by atoms with Crippen LogP contribution in [0.2, 0.25) is 0 Å². The number of hydrogen-bond donors (Lipinski definition) is 2. The second kappa shape index (κ2) is 5.84. The van der Waals surface area contributed by atoms with Gasteiger partial charge in [-0.3, -0.25) is 4.79 Å². The van der Waals surface area contributed by atoms with E-state index in [2.05, 4.69) is 10.6 Å². The molecular weight excluding hydrogens is 218 g/mol. The second-order valence-electron chi connectivity index (χ2n) is 4.24. The fraction of sp³-hybridized carbons (Fsp3) is 0.583. The number of ether oxygens (including phenoxy) is 1. The second-order valence-corrected chi connectivity index (χ2v) is 4.24. The quantitative estimate of drug-likeness (QED) is 0.770. The van der Waals surface area contributed by atoms with Crippen LogP contribution in [-0.4, -0.2) is 43.3 Å². The van der Waals surface area contributed by atoms with Gasteiger partial charge in [-0.15, -0.1) is 0 Å². The summed E-state index contributed by atoms with van der Waals surface area (Å²) < 4.78 is 6.94. The number of aromatic nitrogens is 1. The molecule has 0 unspecified atom stereocenters. The highest BCUT2D eigenvalue weighted by Crippen LogP contribution is 2.05. The van der Waals surface area contributed by atoms with Gasteiger partial charge >= 0.3 is 0 Å². The van der Waals surface area contributed by atoms with E-state index in [0.29, 0.717) is 18.8 Å². The first-order valence-electron chi connectivity index (χ1n) is 5.97. The molecule has 1 atom stereocenters. The summed E-state index contributed by atoms with van der Waals surface area (Å²) in [5.41, 5.74) is 0.703. The number of methoxy groups -OCH3 is 1. The molecule has 5 nitrogen and oxygen atoms in total. The van der Waals surface area contributed by atoms with Crippen molar-refractivity contribution in [2.45, 2.75) is 19.0 Å². The molecule has 1 aromatic rings. The van der Waals surface area contributed by atoms with Crippen molar-refractivity contribution < 1.29 is 9.53 Å². The minimum absolute atomic E-state index is 0.000182. The molecule has 5 heteroatoms. The number of hydrogen-bond acceptors (Lipinski definition) is 3. The Balaban J connectivity index is 1.95. The number of nitrogens with one attached hydrogen (secondary N) is 2. The zero-order valence-corrected chi connectivity index (χ0v) is 10.1. The van der Waals surface area contributed by atoms with Crippen molar-refractivity contribution in [2.75, 3.05) is 26.8 Å². The van der Waals surface area contributed by atoms with Gasteiger partial charge in [0, 0.05) is 32.4 Å². The molecule has 94 valence electrons. The largest absolute Gasteiger partial charge is 0.383 e. The molecule has 1 fully saturated rings. The van der Waals surface area contributed by atoms with Crippen LogP contribution in [0.4, 0.5) is 0 Å². The molecule has 2 heterocycles. The van der Waals surface area contributed by atoms with E-state index < -0.39 is 0 Å². The molecule has 0 bridgehead atoms. The van der Waals surface area contributed by atoms with Gasteiger partial charge in [-0.1, -0.05) is 0 Å². The summed E-state index contributed by atoms with van der Waals surface area (Å²) in [6.45, 7) is 3.16. The third kappa shape index (κ3) is 3.08. The molecule has 1 aliphatic rings. The lowest BCUT2D eigenvalue weighted by molar-refractivity contribution is 0.0928. The third-order valence-electron chi connectivity index (χ3n) is 2.99. The predicted molar refractivity (Wildman–Crippen MR) is 65.0 cm³/mol. The highest BCUT2D eigenvalue weighted by atomic mass is 16.5. The number of nitrogens with zero attached hydrogens (tertiary/aromatic N) is 1. The van der Waals surface area contributed by atoms with Crippen LogP contribution in [0.15, 0.2) is 18.3 Å². The van der Waals surface area contributed by atoms with Gasteiger partial charge in [-0.25, -0.2) is 0 Å². The fourth-order valence-corrected chi connectivity index (χ4v) is 2.04. The first-order chi connectivity index (χ1) is 8.31. The molecule has 1 aromatic heterocycles.